The maximum atomic E-state index is 8.60. The predicted octanol–water partition coefficient (Wildman–Crippen LogP) is -14.4. The van der Waals surface area contributed by atoms with E-state index in [2.05, 4.69) is 0 Å². The number of hydrogen-bond acceptors (Lipinski definition) is 16. The molecule has 0 aromatic heterocycles. The summed E-state index contributed by atoms with van der Waals surface area (Å²) in [6.45, 7) is 0. The summed E-state index contributed by atoms with van der Waals surface area (Å²) >= 11 is 0. The summed E-state index contributed by atoms with van der Waals surface area (Å²) in [6.07, 6.45) is 0. The van der Waals surface area contributed by atoms with Gasteiger partial charge in [-0.25, -0.2) is 0 Å². The molecule has 0 aliphatic rings. The molecule has 0 saturated heterocycles. The number of rotatable bonds is 0. The van der Waals surface area contributed by atoms with Crippen molar-refractivity contribution in [2.24, 2.45) is 0 Å². The fourth-order valence-corrected chi connectivity index (χ4v) is 0. The Kier molecular flexibility index (Phi) is 62.4. The smallest absolute Gasteiger partial charge is 0.356 e. The molecule has 0 aromatic carbocycles. The standard InChI is InChI=1S/2ClHO4.2K.2NO3.2H3N/c2*2-1(3,4)5;;;2*2-1(3)4;;/h2*(H,2,3,4,5);;;;;2*1H3/q;;2*+1;2*-1;;. The second-order valence-electron chi connectivity index (χ2n) is 1.24. The van der Waals surface area contributed by atoms with Crippen molar-refractivity contribution in [1.29, 1.82) is 0 Å². The molecule has 0 atom stereocenters. The monoisotopic (exact) mass is 436 g/mol. The van der Waals surface area contributed by atoms with Gasteiger partial charge in [-0.05, 0) is 0 Å². The van der Waals surface area contributed by atoms with Crippen molar-refractivity contribution in [1.82, 2.24) is 12.3 Å². The molecule has 0 saturated carbocycles. The van der Waals surface area contributed by atoms with Gasteiger partial charge in [0.15, 0.2) is 0 Å². The van der Waals surface area contributed by atoms with Crippen molar-refractivity contribution in [2.45, 2.75) is 0 Å². The van der Waals surface area contributed by atoms with Crippen molar-refractivity contribution < 1.29 is 171 Å². The Hall–Kier alpha value is 1.85. The molecular weight excluding hydrogens is 429 g/mol. The molecule has 0 unspecified atom stereocenters. The summed E-state index contributed by atoms with van der Waals surface area (Å²) in [7, 11) is -9.39. The second-order valence-corrected chi connectivity index (χ2v) is 2.82. The molecule has 128 valence electrons. The van der Waals surface area contributed by atoms with E-state index in [0.29, 0.717) is 0 Å². The van der Waals surface area contributed by atoms with Crippen LogP contribution < -0.4 is 143 Å². The van der Waals surface area contributed by atoms with Crippen molar-refractivity contribution in [3.05, 3.63) is 30.6 Å². The van der Waals surface area contributed by atoms with Gasteiger partial charge in [-0.15, -0.1) is 0 Å². The van der Waals surface area contributed by atoms with E-state index in [1.165, 1.54) is 0 Å². The third kappa shape index (κ3) is 2770. The third-order valence-electron chi connectivity index (χ3n) is 0. The summed E-state index contributed by atoms with van der Waals surface area (Å²) in [5, 5.41) is 29.5. The summed E-state index contributed by atoms with van der Waals surface area (Å²) in [5.74, 6) is 0. The van der Waals surface area contributed by atoms with Crippen LogP contribution in [0.3, 0.4) is 0 Å². The molecule has 0 amide bonds. The van der Waals surface area contributed by atoms with E-state index < -0.39 is 30.7 Å². The molecule has 0 heterocycles. The van der Waals surface area contributed by atoms with Crippen LogP contribution in [0.15, 0.2) is 0 Å². The fraction of sp³-hybridized carbons (Fsp3) is 0. The number of hydrogen-bond donors (Lipinski definition) is 4. The first kappa shape index (κ1) is 49.6. The normalized spacial score (nSPS) is 7.64. The minimum atomic E-state index is -4.69. The molecule has 0 aromatic rings. The van der Waals surface area contributed by atoms with Crippen molar-refractivity contribution in [3.63, 3.8) is 0 Å². The summed E-state index contributed by atoms with van der Waals surface area (Å²) in [6, 6.07) is 0. The minimum Gasteiger partial charge on any atom is -0.356 e. The zero-order valence-electron chi connectivity index (χ0n) is 10.9. The SMILES string of the molecule is N.N.O=[N+]([O-])[O-].O=[N+]([O-])[O-].[K+].[K+].[O-][Cl+3]([O-])([O-])O.[O-][Cl+3]([O-])([O-])O. The van der Waals surface area contributed by atoms with E-state index in [0.717, 1.165) is 0 Å². The van der Waals surface area contributed by atoms with E-state index in [1.54, 1.807) is 0 Å². The van der Waals surface area contributed by atoms with E-state index >= 15 is 0 Å². The van der Waals surface area contributed by atoms with Gasteiger partial charge in [0.25, 0.3) is 0 Å². The Bertz CT molecular complexity index is 182. The molecule has 0 aliphatic carbocycles. The summed E-state index contributed by atoms with van der Waals surface area (Å²) in [4.78, 5) is 16.5. The van der Waals surface area contributed by atoms with E-state index in [4.69, 9.17) is 67.9 Å². The number of halogens is 2. The van der Waals surface area contributed by atoms with Crippen molar-refractivity contribution in [3.8, 4) is 0 Å². The Labute approximate surface area is 210 Å². The molecule has 22 heavy (non-hydrogen) atoms. The molecule has 8 N–H and O–H groups in total. The van der Waals surface area contributed by atoms with Crippen LogP contribution in [-0.4, -0.2) is 19.5 Å². The zero-order valence-corrected chi connectivity index (χ0v) is 18.6. The van der Waals surface area contributed by atoms with E-state index in [1.807, 2.05) is 0 Å². The first-order chi connectivity index (χ1) is 7.46. The Morgan fingerprint density at radius 2 is 0.591 bits per heavy atom. The van der Waals surface area contributed by atoms with Crippen molar-refractivity contribution >= 4 is 0 Å². The molecule has 0 rings (SSSR count). The molecule has 0 fully saturated rings. The van der Waals surface area contributed by atoms with Gasteiger partial charge in [0.05, 0.1) is 40.0 Å². The van der Waals surface area contributed by atoms with Crippen LogP contribution in [0.4, 0.5) is 0 Å². The van der Waals surface area contributed by atoms with Crippen LogP contribution in [0.25, 0.3) is 0 Å². The average Bonchev–Trinajstić information content (AvgIpc) is 1.70. The Morgan fingerprint density at radius 1 is 0.591 bits per heavy atom. The molecule has 0 radical (unpaired) electrons. The average molecular weight is 437 g/mol. The Morgan fingerprint density at radius 3 is 0.591 bits per heavy atom. The molecule has 0 aliphatic heterocycles. The predicted molar refractivity (Wildman–Crippen MR) is 35.2 cm³/mol. The molecule has 18 nitrogen and oxygen atoms in total. The molecular formula is H8Cl2K2N4O14. The number of nitrogens with zero attached hydrogens (tertiary/aromatic N) is 2. The minimum absolute atomic E-state index is 0. The quantitative estimate of drug-likeness (QED) is 0.155. The molecule has 0 bridgehead atoms. The van der Waals surface area contributed by atoms with Crippen LogP contribution >= 0.6 is 0 Å². The second kappa shape index (κ2) is 27.7. The van der Waals surface area contributed by atoms with Crippen LogP contribution in [0.5, 0.6) is 0 Å². The van der Waals surface area contributed by atoms with Gasteiger partial charge in [-0.2, -0.15) is 28.0 Å². The largest absolute Gasteiger partial charge is 1.00 e. The zero-order chi connectivity index (χ0) is 16.2. The summed E-state index contributed by atoms with van der Waals surface area (Å²) in [5.41, 5.74) is 0. The van der Waals surface area contributed by atoms with Gasteiger partial charge in [0.2, 0.25) is 0 Å². The van der Waals surface area contributed by atoms with Gasteiger partial charge in [0.1, 0.15) is 0 Å². The first-order valence-electron chi connectivity index (χ1n) is 2.36. The van der Waals surface area contributed by atoms with Gasteiger partial charge < -0.3 is 42.9 Å². The van der Waals surface area contributed by atoms with E-state index in [9.17, 15) is 0 Å². The van der Waals surface area contributed by atoms with Crippen LogP contribution in [0.1, 0.15) is 0 Å². The van der Waals surface area contributed by atoms with Crippen LogP contribution in [-0.2, 0) is 0 Å². The Balaban J connectivity index is -0.0000000188. The van der Waals surface area contributed by atoms with Crippen LogP contribution in [0, 0.1) is 51.1 Å². The van der Waals surface area contributed by atoms with E-state index in [-0.39, 0.29) is 115 Å². The molecule has 22 heteroatoms. The molecule has 0 spiro atoms. The maximum absolute atomic E-state index is 8.60. The van der Waals surface area contributed by atoms with Crippen molar-refractivity contribution in [2.75, 3.05) is 0 Å². The topological polar surface area (TPSA) is 381 Å². The first-order valence-corrected chi connectivity index (χ1v) is 4.89. The van der Waals surface area contributed by atoms with Gasteiger partial charge in [0, 0.05) is 0 Å². The van der Waals surface area contributed by atoms with Crippen LogP contribution in [0.2, 0.25) is 0 Å². The van der Waals surface area contributed by atoms with Gasteiger partial charge in [-0.3, -0.25) is 0 Å². The fourth-order valence-electron chi connectivity index (χ4n) is 0. The van der Waals surface area contributed by atoms with Gasteiger partial charge >= 0.3 is 103 Å². The maximum Gasteiger partial charge on any atom is 1.00 e. The summed E-state index contributed by atoms with van der Waals surface area (Å²) < 4.78 is 65.4. The third-order valence-corrected chi connectivity index (χ3v) is 0. The van der Waals surface area contributed by atoms with Gasteiger partial charge in [-0.1, -0.05) is 0 Å².